The van der Waals surface area contributed by atoms with Crippen LogP contribution in [0.25, 0.3) is 0 Å². The van der Waals surface area contributed by atoms with Gasteiger partial charge in [-0.3, -0.25) is 4.68 Å². The van der Waals surface area contributed by atoms with Crippen molar-refractivity contribution < 1.29 is 0 Å². The topological polar surface area (TPSA) is 43.8 Å². The number of nitrogens with zero attached hydrogens (tertiary/aromatic N) is 2. The number of aromatic nitrogens is 2. The fraction of sp³-hybridized carbons (Fsp3) is 0.824. The van der Waals surface area contributed by atoms with Crippen molar-refractivity contribution in [2.45, 2.75) is 77.3 Å². The van der Waals surface area contributed by atoms with Gasteiger partial charge in [0.2, 0.25) is 0 Å². The molecule has 3 rings (SSSR count). The summed E-state index contributed by atoms with van der Waals surface area (Å²) in [5.74, 6) is 1.90. The summed E-state index contributed by atoms with van der Waals surface area (Å²) in [7, 11) is 0. The van der Waals surface area contributed by atoms with Gasteiger partial charge in [0.1, 0.15) is 0 Å². The molecule has 2 aliphatic rings. The van der Waals surface area contributed by atoms with Crippen LogP contribution in [0.3, 0.4) is 0 Å². The van der Waals surface area contributed by atoms with Crippen molar-refractivity contribution in [3.63, 3.8) is 0 Å². The molecule has 1 heterocycles. The number of nitrogens with two attached hydrogens (primary N) is 1. The maximum atomic E-state index is 6.78. The Morgan fingerprint density at radius 2 is 2.10 bits per heavy atom. The summed E-state index contributed by atoms with van der Waals surface area (Å²) in [5.41, 5.74) is 9.36. The average Bonchev–Trinajstić information content (AvgIpc) is 3.21. The van der Waals surface area contributed by atoms with E-state index in [1.54, 1.807) is 0 Å². The van der Waals surface area contributed by atoms with E-state index in [4.69, 9.17) is 5.73 Å². The molecule has 2 unspecified atom stereocenters. The molecule has 3 nitrogen and oxygen atoms in total. The Morgan fingerprint density at radius 1 is 1.30 bits per heavy atom. The molecule has 0 aromatic carbocycles. The maximum absolute atomic E-state index is 6.78. The molecule has 0 saturated heterocycles. The monoisotopic (exact) mass is 275 g/mol. The summed E-state index contributed by atoms with van der Waals surface area (Å²) in [6, 6.07) is 2.28. The molecule has 3 heteroatoms. The molecule has 2 aliphatic carbocycles. The van der Waals surface area contributed by atoms with Crippen molar-refractivity contribution >= 4 is 0 Å². The van der Waals surface area contributed by atoms with Gasteiger partial charge in [-0.05, 0) is 56.9 Å². The Bertz CT molecular complexity index is 461. The van der Waals surface area contributed by atoms with Crippen LogP contribution in [0.15, 0.2) is 6.07 Å². The summed E-state index contributed by atoms with van der Waals surface area (Å²) in [6.07, 6.45) is 10.1. The van der Waals surface area contributed by atoms with Gasteiger partial charge in [0, 0.05) is 24.2 Å². The van der Waals surface area contributed by atoms with Gasteiger partial charge in [-0.25, -0.2) is 0 Å². The predicted octanol–water partition coefficient (Wildman–Crippen LogP) is 3.31. The molecule has 2 atom stereocenters. The lowest BCUT2D eigenvalue weighted by molar-refractivity contribution is 0.201. The van der Waals surface area contributed by atoms with Crippen LogP contribution in [0.2, 0.25) is 0 Å². The third kappa shape index (κ3) is 2.93. The smallest absolute Gasteiger partial charge is 0.0624 e. The molecule has 20 heavy (non-hydrogen) atoms. The van der Waals surface area contributed by atoms with Crippen molar-refractivity contribution in [2.24, 2.45) is 17.6 Å². The van der Waals surface area contributed by atoms with E-state index in [0.717, 1.165) is 31.2 Å². The van der Waals surface area contributed by atoms with Gasteiger partial charge < -0.3 is 5.73 Å². The number of rotatable bonds is 5. The van der Waals surface area contributed by atoms with Crippen LogP contribution >= 0.6 is 0 Å². The van der Waals surface area contributed by atoms with Crippen LogP contribution in [-0.4, -0.2) is 15.3 Å². The summed E-state index contributed by atoms with van der Waals surface area (Å²) in [6.45, 7) is 5.30. The van der Waals surface area contributed by atoms with Gasteiger partial charge in [0.15, 0.2) is 0 Å². The third-order valence-electron chi connectivity index (χ3n) is 5.32. The number of hydrogen-bond donors (Lipinski definition) is 1. The van der Waals surface area contributed by atoms with Crippen molar-refractivity contribution in [1.29, 1.82) is 0 Å². The van der Waals surface area contributed by atoms with Gasteiger partial charge in [-0.15, -0.1) is 0 Å². The van der Waals surface area contributed by atoms with Crippen LogP contribution in [0.4, 0.5) is 0 Å². The number of aryl methyl sites for hydroxylation is 2. The predicted molar refractivity (Wildman–Crippen MR) is 82.6 cm³/mol. The van der Waals surface area contributed by atoms with Gasteiger partial charge in [0.05, 0.1) is 5.69 Å². The first kappa shape index (κ1) is 14.1. The van der Waals surface area contributed by atoms with Crippen LogP contribution in [0, 0.1) is 11.8 Å². The number of hydrogen-bond acceptors (Lipinski definition) is 2. The molecule has 1 aromatic rings. The lowest BCUT2D eigenvalue weighted by atomic mass is 9.72. The Morgan fingerprint density at radius 3 is 2.75 bits per heavy atom. The maximum Gasteiger partial charge on any atom is 0.0624 e. The van der Waals surface area contributed by atoms with E-state index in [1.807, 2.05) is 0 Å². The van der Waals surface area contributed by atoms with E-state index < -0.39 is 0 Å². The summed E-state index contributed by atoms with van der Waals surface area (Å²) < 4.78 is 2.16. The molecule has 0 spiro atoms. The second-order valence-corrected chi connectivity index (χ2v) is 7.03. The fourth-order valence-corrected chi connectivity index (χ4v) is 4.04. The summed E-state index contributed by atoms with van der Waals surface area (Å²) in [5, 5.41) is 4.67. The SMILES string of the molecule is CCc1cc(CC2(N)CCCC(C3CC3)C2)n(CC)n1. The zero-order valence-corrected chi connectivity index (χ0v) is 13.1. The normalized spacial score (nSPS) is 30.6. The lowest BCUT2D eigenvalue weighted by Gasteiger charge is -2.38. The largest absolute Gasteiger partial charge is 0.325 e. The highest BCUT2D eigenvalue weighted by atomic mass is 15.3. The first-order valence-corrected chi connectivity index (χ1v) is 8.48. The van der Waals surface area contributed by atoms with Gasteiger partial charge in [-0.2, -0.15) is 5.10 Å². The lowest BCUT2D eigenvalue weighted by Crippen LogP contribution is -2.47. The van der Waals surface area contributed by atoms with Gasteiger partial charge in [-0.1, -0.05) is 19.8 Å². The first-order valence-electron chi connectivity index (χ1n) is 8.48. The molecule has 0 aliphatic heterocycles. The van der Waals surface area contributed by atoms with Gasteiger partial charge >= 0.3 is 0 Å². The summed E-state index contributed by atoms with van der Waals surface area (Å²) in [4.78, 5) is 0. The van der Waals surface area contributed by atoms with Crippen molar-refractivity contribution in [1.82, 2.24) is 9.78 Å². The third-order valence-corrected chi connectivity index (χ3v) is 5.32. The van der Waals surface area contributed by atoms with Crippen LogP contribution in [0.5, 0.6) is 0 Å². The molecular formula is C17H29N3. The standard InChI is InChI=1S/C17H29N3/c1-3-15-10-16(20(4-2)19-15)12-17(18)9-5-6-14(11-17)13-7-8-13/h10,13-14H,3-9,11-12,18H2,1-2H3. The molecule has 0 bridgehead atoms. The second kappa shape index (κ2) is 5.51. The molecule has 2 saturated carbocycles. The Labute approximate surface area is 122 Å². The Balaban J connectivity index is 1.73. The highest BCUT2D eigenvalue weighted by Crippen LogP contribution is 2.46. The zero-order chi connectivity index (χ0) is 14.2. The van der Waals surface area contributed by atoms with Gasteiger partial charge in [0.25, 0.3) is 0 Å². The quantitative estimate of drug-likeness (QED) is 0.896. The fourth-order valence-electron chi connectivity index (χ4n) is 4.04. The van der Waals surface area contributed by atoms with Crippen molar-refractivity contribution in [3.8, 4) is 0 Å². The highest BCUT2D eigenvalue weighted by Gasteiger charge is 2.40. The van der Waals surface area contributed by atoms with E-state index in [9.17, 15) is 0 Å². The Kier molecular flexibility index (Phi) is 3.89. The van der Waals surface area contributed by atoms with Crippen LogP contribution in [-0.2, 0) is 19.4 Å². The van der Waals surface area contributed by atoms with Crippen molar-refractivity contribution in [3.05, 3.63) is 17.5 Å². The molecule has 112 valence electrons. The van der Waals surface area contributed by atoms with E-state index in [0.29, 0.717) is 0 Å². The van der Waals surface area contributed by atoms with Crippen LogP contribution in [0.1, 0.15) is 63.8 Å². The highest BCUT2D eigenvalue weighted by molar-refractivity contribution is 5.15. The van der Waals surface area contributed by atoms with E-state index in [1.165, 1.54) is 49.9 Å². The molecule has 0 radical (unpaired) electrons. The van der Waals surface area contributed by atoms with Crippen LogP contribution < -0.4 is 5.73 Å². The minimum absolute atomic E-state index is 0.0173. The van der Waals surface area contributed by atoms with E-state index >= 15 is 0 Å². The minimum atomic E-state index is 0.0173. The van der Waals surface area contributed by atoms with E-state index in [-0.39, 0.29) is 5.54 Å². The first-order chi connectivity index (χ1) is 9.63. The molecule has 2 N–H and O–H groups in total. The second-order valence-electron chi connectivity index (χ2n) is 7.03. The Hall–Kier alpha value is -0.830. The molecular weight excluding hydrogens is 246 g/mol. The zero-order valence-electron chi connectivity index (χ0n) is 13.1. The minimum Gasteiger partial charge on any atom is -0.325 e. The van der Waals surface area contributed by atoms with E-state index in [2.05, 4.69) is 29.7 Å². The summed E-state index contributed by atoms with van der Waals surface area (Å²) >= 11 is 0. The average molecular weight is 275 g/mol. The molecule has 2 fully saturated rings. The van der Waals surface area contributed by atoms with Crippen molar-refractivity contribution in [2.75, 3.05) is 0 Å². The molecule has 0 amide bonds. The molecule has 1 aromatic heterocycles.